The van der Waals surface area contributed by atoms with Gasteiger partial charge in [-0.05, 0) is 38.5 Å². The maximum Gasteiger partial charge on any atom is 0.306 e. The van der Waals surface area contributed by atoms with Crippen LogP contribution in [0.1, 0.15) is 155 Å². The number of likely N-dealkylation sites (N-methyl/N-ethyl adjacent to an activating group) is 1. The minimum atomic E-state index is -4.64. The number of phosphoric acid groups is 1. The lowest BCUT2D eigenvalue weighted by Crippen LogP contribution is -2.37. The monoisotopic (exact) mass is 754 g/mol. The van der Waals surface area contributed by atoms with Crippen LogP contribution >= 0.6 is 7.82 Å². The first-order valence-electron chi connectivity index (χ1n) is 20.3. The van der Waals surface area contributed by atoms with Gasteiger partial charge in [-0.15, -0.1) is 0 Å². The third-order valence-electron chi connectivity index (χ3n) is 8.38. The largest absolute Gasteiger partial charge is 0.756 e. The summed E-state index contributed by atoms with van der Waals surface area (Å²) in [6, 6.07) is 0. The van der Waals surface area contributed by atoms with E-state index in [4.69, 9.17) is 18.5 Å². The van der Waals surface area contributed by atoms with Crippen molar-refractivity contribution in [2.24, 2.45) is 0 Å². The molecule has 0 saturated heterocycles. The van der Waals surface area contributed by atoms with Crippen molar-refractivity contribution in [1.29, 1.82) is 0 Å². The zero-order valence-electron chi connectivity index (χ0n) is 33.7. The summed E-state index contributed by atoms with van der Waals surface area (Å²) in [5, 5.41) is 0. The van der Waals surface area contributed by atoms with Gasteiger partial charge >= 0.3 is 11.9 Å². The van der Waals surface area contributed by atoms with E-state index in [2.05, 4.69) is 50.3 Å². The Hall–Kier alpha value is -2.03. The van der Waals surface area contributed by atoms with Crippen molar-refractivity contribution in [3.8, 4) is 0 Å². The standard InChI is InChI=1S/C42H76NO8P/c1-6-8-10-12-14-16-18-20-21-23-24-26-28-30-32-34-41(44)48-38-40(39-50-52(46,47)49-37-36-43(3,4)5)51-42(45)35-33-31-29-27-25-22-19-17-15-13-11-9-7-2/h9,11,15,17,22,25,29,31,40H,6-8,10,12-14,16,18-21,23-24,26-28,30,32-39H2,1-5H3/b11-9-,17-15-,25-22-,31-29-. The van der Waals surface area contributed by atoms with E-state index >= 15 is 0 Å². The number of nitrogens with zero attached hydrogens (tertiary/aromatic N) is 1. The summed E-state index contributed by atoms with van der Waals surface area (Å²) in [4.78, 5) is 37.3. The maximum atomic E-state index is 12.6. The lowest BCUT2D eigenvalue weighted by Gasteiger charge is -2.28. The van der Waals surface area contributed by atoms with E-state index < -0.39 is 32.5 Å². The number of hydrogen-bond acceptors (Lipinski definition) is 8. The molecule has 2 atom stereocenters. The molecule has 0 fully saturated rings. The first kappa shape index (κ1) is 50.0. The van der Waals surface area contributed by atoms with Crippen molar-refractivity contribution < 1.29 is 42.1 Å². The number of hydrogen-bond donors (Lipinski definition) is 0. The predicted molar refractivity (Wildman–Crippen MR) is 213 cm³/mol. The highest BCUT2D eigenvalue weighted by Crippen LogP contribution is 2.38. The summed E-state index contributed by atoms with van der Waals surface area (Å²) in [5.74, 6) is -0.929. The molecule has 0 rings (SSSR count). The van der Waals surface area contributed by atoms with E-state index in [1.54, 1.807) is 0 Å². The van der Waals surface area contributed by atoms with Gasteiger partial charge in [0.1, 0.15) is 19.8 Å². The van der Waals surface area contributed by atoms with Crippen LogP contribution in [0.15, 0.2) is 48.6 Å². The fraction of sp³-hybridized carbons (Fsp3) is 0.762. The lowest BCUT2D eigenvalue weighted by molar-refractivity contribution is -0.870. The Morgan fingerprint density at radius 1 is 0.615 bits per heavy atom. The molecule has 0 aliphatic carbocycles. The van der Waals surface area contributed by atoms with Crippen LogP contribution in [0.3, 0.4) is 0 Å². The van der Waals surface area contributed by atoms with E-state index in [-0.39, 0.29) is 26.1 Å². The lowest BCUT2D eigenvalue weighted by atomic mass is 10.0. The molecule has 9 nitrogen and oxygen atoms in total. The Morgan fingerprint density at radius 2 is 1.10 bits per heavy atom. The Morgan fingerprint density at radius 3 is 1.60 bits per heavy atom. The second-order valence-electron chi connectivity index (χ2n) is 14.6. The van der Waals surface area contributed by atoms with Crippen molar-refractivity contribution in [3.63, 3.8) is 0 Å². The Balaban J connectivity index is 4.48. The Bertz CT molecular complexity index is 1030. The predicted octanol–water partition coefficient (Wildman–Crippen LogP) is 10.5. The highest BCUT2D eigenvalue weighted by Gasteiger charge is 2.21. The van der Waals surface area contributed by atoms with Crippen LogP contribution in [0.5, 0.6) is 0 Å². The zero-order valence-corrected chi connectivity index (χ0v) is 34.6. The first-order valence-corrected chi connectivity index (χ1v) is 21.8. The van der Waals surface area contributed by atoms with Crippen LogP contribution in [0.2, 0.25) is 0 Å². The number of quaternary nitrogens is 1. The number of carbonyl (C=O) groups excluding carboxylic acids is 2. The molecule has 0 bridgehead atoms. The molecule has 0 aliphatic heterocycles. The summed E-state index contributed by atoms with van der Waals surface area (Å²) < 4.78 is 33.7. The summed E-state index contributed by atoms with van der Waals surface area (Å²) in [5.41, 5.74) is 0. The molecule has 0 aliphatic rings. The zero-order chi connectivity index (χ0) is 38.6. The third-order valence-corrected chi connectivity index (χ3v) is 9.34. The number of ether oxygens (including phenoxy) is 2. The maximum absolute atomic E-state index is 12.6. The molecule has 0 heterocycles. The minimum Gasteiger partial charge on any atom is -0.756 e. The number of unbranched alkanes of at least 4 members (excludes halogenated alkanes) is 14. The molecule has 10 heteroatoms. The van der Waals surface area contributed by atoms with Crippen molar-refractivity contribution in [1.82, 2.24) is 0 Å². The van der Waals surface area contributed by atoms with Gasteiger partial charge in [-0.2, -0.15) is 0 Å². The van der Waals surface area contributed by atoms with Gasteiger partial charge in [-0.1, -0.05) is 152 Å². The van der Waals surface area contributed by atoms with E-state index in [0.717, 1.165) is 44.9 Å². The van der Waals surface area contributed by atoms with Crippen LogP contribution in [-0.2, 0) is 32.7 Å². The molecule has 0 radical (unpaired) electrons. The molecule has 0 aromatic rings. The number of allylic oxidation sites excluding steroid dienone is 8. The van der Waals surface area contributed by atoms with Crippen molar-refractivity contribution in [2.75, 3.05) is 47.5 Å². The van der Waals surface area contributed by atoms with Crippen LogP contribution in [0.4, 0.5) is 0 Å². The highest BCUT2D eigenvalue weighted by atomic mass is 31.2. The normalized spacial score (nSPS) is 14.2. The number of rotatable bonds is 36. The van der Waals surface area contributed by atoms with Gasteiger partial charge in [0.25, 0.3) is 7.82 Å². The third kappa shape index (κ3) is 37.7. The van der Waals surface area contributed by atoms with E-state index in [0.29, 0.717) is 17.4 Å². The topological polar surface area (TPSA) is 111 Å². The fourth-order valence-electron chi connectivity index (χ4n) is 5.20. The van der Waals surface area contributed by atoms with Gasteiger partial charge in [0.15, 0.2) is 6.10 Å². The van der Waals surface area contributed by atoms with Gasteiger partial charge < -0.3 is 27.9 Å². The number of esters is 2. The quantitative estimate of drug-likeness (QED) is 0.0204. The van der Waals surface area contributed by atoms with Crippen LogP contribution in [0.25, 0.3) is 0 Å². The molecule has 0 amide bonds. The molecule has 2 unspecified atom stereocenters. The number of phosphoric ester groups is 1. The van der Waals surface area contributed by atoms with Gasteiger partial charge in [-0.25, -0.2) is 0 Å². The van der Waals surface area contributed by atoms with Crippen molar-refractivity contribution >= 4 is 19.8 Å². The van der Waals surface area contributed by atoms with Gasteiger partial charge in [0.2, 0.25) is 0 Å². The van der Waals surface area contributed by atoms with Gasteiger partial charge in [0.05, 0.1) is 27.7 Å². The van der Waals surface area contributed by atoms with Crippen LogP contribution in [0, 0.1) is 0 Å². The molecular weight excluding hydrogens is 677 g/mol. The van der Waals surface area contributed by atoms with E-state index in [1.807, 2.05) is 33.3 Å². The SMILES string of the molecule is CC/C=C\C/C=C\C/C=C\C/C=C\CCC(=O)OC(COC(=O)CCCCCCCCCCCCCCCCC)COP(=O)([O-])OCC[N+](C)(C)C. The second-order valence-corrected chi connectivity index (χ2v) is 16.0. The summed E-state index contributed by atoms with van der Waals surface area (Å²) >= 11 is 0. The fourth-order valence-corrected chi connectivity index (χ4v) is 5.93. The molecule has 302 valence electrons. The average Bonchev–Trinajstić information content (AvgIpc) is 3.09. The van der Waals surface area contributed by atoms with Gasteiger partial charge in [0, 0.05) is 12.8 Å². The van der Waals surface area contributed by atoms with Crippen LogP contribution in [-0.4, -0.2) is 70.0 Å². The van der Waals surface area contributed by atoms with Crippen molar-refractivity contribution in [2.45, 2.75) is 161 Å². The minimum absolute atomic E-state index is 0.0438. The first-order chi connectivity index (χ1) is 25.0. The smallest absolute Gasteiger partial charge is 0.306 e. The average molecular weight is 754 g/mol. The highest BCUT2D eigenvalue weighted by molar-refractivity contribution is 7.45. The molecule has 0 spiro atoms. The molecular formula is C42H76NO8P. The molecule has 0 aromatic heterocycles. The summed E-state index contributed by atoms with van der Waals surface area (Å²) in [6.07, 6.45) is 38.7. The molecule has 0 aromatic carbocycles. The molecule has 52 heavy (non-hydrogen) atoms. The Kier molecular flexibility index (Phi) is 33.4. The molecule has 0 saturated carbocycles. The van der Waals surface area contributed by atoms with Crippen molar-refractivity contribution in [3.05, 3.63) is 48.6 Å². The summed E-state index contributed by atoms with van der Waals surface area (Å²) in [7, 11) is 1.12. The summed E-state index contributed by atoms with van der Waals surface area (Å²) in [6.45, 7) is 4.01. The second kappa shape index (κ2) is 34.7. The van der Waals surface area contributed by atoms with Gasteiger partial charge in [-0.3, -0.25) is 14.2 Å². The van der Waals surface area contributed by atoms with E-state index in [1.165, 1.54) is 77.0 Å². The molecule has 0 N–H and O–H groups in total. The Labute approximate surface area is 318 Å². The van der Waals surface area contributed by atoms with Crippen LogP contribution < -0.4 is 4.89 Å². The van der Waals surface area contributed by atoms with E-state index in [9.17, 15) is 19.0 Å². The number of carbonyl (C=O) groups is 2.